The van der Waals surface area contributed by atoms with Crippen LogP contribution in [0.3, 0.4) is 0 Å². The fraction of sp³-hybridized carbons (Fsp3) is 0.783. The fourth-order valence-corrected chi connectivity index (χ4v) is 6.95. The van der Waals surface area contributed by atoms with Gasteiger partial charge in [-0.25, -0.2) is 19.4 Å². The molecule has 2 aromatic rings. The number of carbonyl (C=O) groups is 1. The van der Waals surface area contributed by atoms with E-state index in [2.05, 4.69) is 20.3 Å². The van der Waals surface area contributed by atoms with Crippen molar-refractivity contribution in [2.75, 3.05) is 26.2 Å². The van der Waals surface area contributed by atoms with Gasteiger partial charge in [-0.05, 0) is 44.4 Å². The van der Waals surface area contributed by atoms with E-state index >= 15 is 0 Å². The number of aromatic amines is 1. The van der Waals surface area contributed by atoms with Crippen LogP contribution in [0.15, 0.2) is 6.33 Å². The second kappa shape index (κ2) is 7.19. The van der Waals surface area contributed by atoms with Crippen LogP contribution >= 0.6 is 0 Å². The fourth-order valence-electron chi connectivity index (χ4n) is 6.95. The molecule has 188 valence electrons. The number of amides is 2. The van der Waals surface area contributed by atoms with Crippen molar-refractivity contribution in [3.05, 3.63) is 23.8 Å². The number of rotatable bonds is 5. The highest BCUT2D eigenvalue weighted by atomic mass is 19.4. The zero-order valence-electron chi connectivity index (χ0n) is 19.5. The van der Waals surface area contributed by atoms with E-state index in [0.29, 0.717) is 30.0 Å². The van der Waals surface area contributed by atoms with Crippen LogP contribution in [-0.2, 0) is 13.0 Å². The average molecular weight is 491 g/mol. The number of urea groups is 1. The lowest BCUT2D eigenvalue weighted by atomic mass is 9.56. The Morgan fingerprint density at radius 3 is 2.31 bits per heavy atom. The molecule has 9 nitrogen and oxygen atoms in total. The van der Waals surface area contributed by atoms with Crippen LogP contribution < -0.4 is 0 Å². The quantitative estimate of drug-likeness (QED) is 0.695. The summed E-state index contributed by atoms with van der Waals surface area (Å²) in [5.41, 5.74) is 0.442. The molecule has 1 N–H and O–H groups in total. The third-order valence-electron chi connectivity index (χ3n) is 8.69. The highest BCUT2D eigenvalue weighted by Gasteiger charge is 2.58. The number of alkyl halides is 3. The molecule has 35 heavy (non-hydrogen) atoms. The first-order valence-electron chi connectivity index (χ1n) is 12.6. The van der Waals surface area contributed by atoms with E-state index in [1.165, 1.54) is 12.8 Å². The van der Waals surface area contributed by atoms with Crippen LogP contribution in [0.1, 0.15) is 67.8 Å². The van der Waals surface area contributed by atoms with E-state index in [4.69, 9.17) is 4.98 Å². The Labute approximate surface area is 200 Å². The predicted octanol–water partition coefficient (Wildman–Crippen LogP) is 3.09. The molecule has 0 radical (unpaired) electrons. The number of aromatic nitrogens is 6. The van der Waals surface area contributed by atoms with Crippen molar-refractivity contribution in [3.8, 4) is 0 Å². The molecule has 0 bridgehead atoms. The van der Waals surface area contributed by atoms with Gasteiger partial charge in [0.25, 0.3) is 0 Å². The maximum atomic E-state index is 12.9. The van der Waals surface area contributed by atoms with Gasteiger partial charge in [-0.2, -0.15) is 23.4 Å². The van der Waals surface area contributed by atoms with E-state index in [1.807, 2.05) is 9.80 Å². The largest absolute Gasteiger partial charge is 0.408 e. The Morgan fingerprint density at radius 2 is 1.69 bits per heavy atom. The SMILES string of the molecule is O=C(N1CC2(CC(Cc3ncn(CC(F)(F)F)n3)C2)C1)N1CC2(CC(c3n[nH]c(C4CC4)n3)C2)C1. The van der Waals surface area contributed by atoms with E-state index in [0.717, 1.165) is 74.5 Å². The van der Waals surface area contributed by atoms with E-state index in [9.17, 15) is 18.0 Å². The Bertz CT molecular complexity index is 1130. The van der Waals surface area contributed by atoms with Crippen LogP contribution in [-0.4, -0.2) is 78.1 Å². The van der Waals surface area contributed by atoms with Crippen molar-refractivity contribution in [3.63, 3.8) is 0 Å². The van der Waals surface area contributed by atoms with Crippen molar-refractivity contribution in [2.45, 2.75) is 69.5 Å². The van der Waals surface area contributed by atoms with E-state index < -0.39 is 12.7 Å². The minimum absolute atomic E-state index is 0.148. The van der Waals surface area contributed by atoms with Crippen molar-refractivity contribution in [1.82, 2.24) is 39.7 Å². The Morgan fingerprint density at radius 1 is 1.03 bits per heavy atom. The second-order valence-corrected chi connectivity index (χ2v) is 11.9. The van der Waals surface area contributed by atoms with Gasteiger partial charge in [0.15, 0.2) is 11.6 Å². The molecule has 4 heterocycles. The summed E-state index contributed by atoms with van der Waals surface area (Å²) in [5, 5.41) is 11.5. The minimum Gasteiger partial charge on any atom is -0.323 e. The molecule has 0 unspecified atom stereocenters. The lowest BCUT2D eigenvalue weighted by molar-refractivity contribution is -0.142. The molecule has 5 fully saturated rings. The lowest BCUT2D eigenvalue weighted by Crippen LogP contribution is -2.71. The van der Waals surface area contributed by atoms with Gasteiger partial charge in [0, 0.05) is 55.3 Å². The van der Waals surface area contributed by atoms with Crippen LogP contribution in [0, 0.1) is 16.7 Å². The molecule has 0 atom stereocenters. The van der Waals surface area contributed by atoms with Crippen LogP contribution in [0.4, 0.5) is 18.0 Å². The highest BCUT2D eigenvalue weighted by Crippen LogP contribution is 2.57. The van der Waals surface area contributed by atoms with Gasteiger partial charge < -0.3 is 9.80 Å². The van der Waals surface area contributed by atoms with Gasteiger partial charge in [-0.3, -0.25) is 5.10 Å². The molecular formula is C23H29F3N8O. The van der Waals surface area contributed by atoms with Crippen molar-refractivity contribution in [1.29, 1.82) is 0 Å². The number of hydrogen-bond acceptors (Lipinski definition) is 5. The van der Waals surface area contributed by atoms with Crippen molar-refractivity contribution in [2.24, 2.45) is 16.7 Å². The zero-order chi connectivity index (χ0) is 24.0. The monoisotopic (exact) mass is 490 g/mol. The summed E-state index contributed by atoms with van der Waals surface area (Å²) in [5.74, 6) is 3.86. The molecule has 2 saturated heterocycles. The van der Waals surface area contributed by atoms with Crippen LogP contribution in [0.5, 0.6) is 0 Å². The molecule has 2 spiro atoms. The summed E-state index contributed by atoms with van der Waals surface area (Å²) in [7, 11) is 0. The number of halogens is 3. The number of hydrogen-bond donors (Lipinski definition) is 1. The van der Waals surface area contributed by atoms with Gasteiger partial charge in [0.05, 0.1) is 0 Å². The smallest absolute Gasteiger partial charge is 0.323 e. The van der Waals surface area contributed by atoms with Crippen molar-refractivity contribution < 1.29 is 18.0 Å². The second-order valence-electron chi connectivity index (χ2n) is 11.9. The molecular weight excluding hydrogens is 461 g/mol. The minimum atomic E-state index is -4.29. The summed E-state index contributed by atoms with van der Waals surface area (Å²) in [6.07, 6.45) is 3.99. The maximum Gasteiger partial charge on any atom is 0.408 e. The van der Waals surface area contributed by atoms with Gasteiger partial charge in [0.1, 0.15) is 18.7 Å². The highest BCUT2D eigenvalue weighted by molar-refractivity contribution is 5.77. The third-order valence-corrected chi connectivity index (χ3v) is 8.69. The first-order valence-corrected chi connectivity index (χ1v) is 12.6. The molecule has 12 heteroatoms. The standard InChI is InChI=1S/C23H29F3N8O/c24-23(25,26)12-34-13-27-17(31-34)3-14-4-21(5-14)8-32(9-21)20(35)33-10-22(11-33)6-16(7-22)19-28-18(29-30-19)15-1-2-15/h13-16H,1-12H2,(H,28,29,30). The summed E-state index contributed by atoms with van der Waals surface area (Å²) in [6, 6.07) is 0.148. The first-order chi connectivity index (χ1) is 16.7. The Kier molecular flexibility index (Phi) is 4.44. The molecule has 3 saturated carbocycles. The maximum absolute atomic E-state index is 12.9. The molecule has 0 aromatic carbocycles. The van der Waals surface area contributed by atoms with Crippen molar-refractivity contribution >= 4 is 6.03 Å². The molecule has 7 rings (SSSR count). The molecule has 2 aromatic heterocycles. The normalized spacial score (nSPS) is 25.3. The number of nitrogens with one attached hydrogen (secondary N) is 1. The topological polar surface area (TPSA) is 95.8 Å². The Hall–Kier alpha value is -2.66. The summed E-state index contributed by atoms with van der Waals surface area (Å²) in [6.45, 7) is 2.13. The predicted molar refractivity (Wildman–Crippen MR) is 116 cm³/mol. The average Bonchev–Trinajstić information content (AvgIpc) is 3.24. The molecule has 3 aliphatic carbocycles. The van der Waals surface area contributed by atoms with Crippen LogP contribution in [0.25, 0.3) is 0 Å². The van der Waals surface area contributed by atoms with Gasteiger partial charge in [-0.1, -0.05) is 0 Å². The number of H-pyrrole nitrogens is 1. The Balaban J connectivity index is 0.832. The number of nitrogens with zero attached hydrogens (tertiary/aromatic N) is 7. The zero-order valence-corrected chi connectivity index (χ0v) is 19.5. The van der Waals surface area contributed by atoms with Gasteiger partial charge in [-0.15, -0.1) is 0 Å². The molecule has 2 amide bonds. The molecule has 5 aliphatic rings. The van der Waals surface area contributed by atoms with Gasteiger partial charge >= 0.3 is 12.2 Å². The first kappa shape index (κ1) is 21.6. The summed E-state index contributed by atoms with van der Waals surface area (Å²) in [4.78, 5) is 25.6. The molecule has 2 aliphatic heterocycles. The lowest BCUT2D eigenvalue weighted by Gasteiger charge is -2.63. The summed E-state index contributed by atoms with van der Waals surface area (Å²) < 4.78 is 38.3. The van der Waals surface area contributed by atoms with Crippen LogP contribution in [0.2, 0.25) is 0 Å². The third kappa shape index (κ3) is 3.88. The summed E-state index contributed by atoms with van der Waals surface area (Å²) >= 11 is 0. The number of carbonyl (C=O) groups excluding carboxylic acids is 1. The van der Waals surface area contributed by atoms with E-state index in [-0.39, 0.29) is 16.9 Å². The van der Waals surface area contributed by atoms with Gasteiger partial charge in [0.2, 0.25) is 0 Å². The number of likely N-dealkylation sites (tertiary alicyclic amines) is 2. The van der Waals surface area contributed by atoms with E-state index in [1.54, 1.807) is 0 Å².